The molecule has 6 aromatic heterocycles. The number of carbonyl (C=O) groups is 12. The van der Waals surface area contributed by atoms with Crippen LogP contribution >= 0.6 is 174 Å². The third kappa shape index (κ3) is 29.0. The second-order valence-corrected chi connectivity index (χ2v) is 45.5. The van der Waals surface area contributed by atoms with Crippen LogP contribution in [-0.4, -0.2) is 121 Å². The van der Waals surface area contributed by atoms with Gasteiger partial charge in [-0.3, -0.25) is 28.8 Å². The van der Waals surface area contributed by atoms with Crippen LogP contribution < -0.4 is 31.9 Å². The summed E-state index contributed by atoms with van der Waals surface area (Å²) in [4.78, 5) is 144. The molecule has 41 heteroatoms. The van der Waals surface area contributed by atoms with Gasteiger partial charge in [0, 0.05) is 148 Å². The predicted molar refractivity (Wildman–Crippen MR) is 589 cm³/mol. The number of hydrogen-bond acceptors (Lipinski definition) is 19. The van der Waals surface area contributed by atoms with E-state index in [2.05, 4.69) is 91.8 Å². The summed E-state index contributed by atoms with van der Waals surface area (Å²) in [7, 11) is 1.66. The summed E-state index contributed by atoms with van der Waals surface area (Å²) in [6, 6.07) is 47.1. The lowest BCUT2D eigenvalue weighted by Gasteiger charge is -2.31. The van der Waals surface area contributed by atoms with Crippen molar-refractivity contribution in [3.05, 3.63) is 273 Å². The number of rotatable bonds is 26. The number of carboxylic acids is 6. The molecule has 6 aliphatic carbocycles. The first-order valence-corrected chi connectivity index (χ1v) is 55.6. The molecule has 3 unspecified atom stereocenters. The molecule has 6 aliphatic rings. The van der Waals surface area contributed by atoms with Gasteiger partial charge in [0.25, 0.3) is 0 Å². The van der Waals surface area contributed by atoms with Gasteiger partial charge in [-0.1, -0.05) is 203 Å². The van der Waals surface area contributed by atoms with Crippen LogP contribution in [0, 0.1) is 41.4 Å². The fourth-order valence-corrected chi connectivity index (χ4v) is 24.6. The average molecular weight is 2400 g/mol. The van der Waals surface area contributed by atoms with Crippen molar-refractivity contribution in [2.75, 3.05) is 39.0 Å². The van der Waals surface area contributed by atoms with Gasteiger partial charge < -0.3 is 67.3 Å². The first-order chi connectivity index (χ1) is 70.2. The van der Waals surface area contributed by atoms with E-state index in [-0.39, 0.29) is 115 Å². The zero-order valence-electron chi connectivity index (χ0n) is 77.8. The molecule has 147 heavy (non-hydrogen) atoms. The third-order valence-electron chi connectivity index (χ3n) is 25.2. The minimum atomic E-state index is -2.73. The van der Waals surface area contributed by atoms with Gasteiger partial charge in [0.15, 0.2) is 0 Å². The number of methoxy groups -OCH3 is 1. The molecule has 0 aliphatic heterocycles. The molecule has 7 aromatic carbocycles. The van der Waals surface area contributed by atoms with E-state index in [1.165, 1.54) is 67.8 Å². The lowest BCUT2D eigenvalue weighted by molar-refractivity contribution is -0.123. The van der Waals surface area contributed by atoms with Gasteiger partial charge in [0.1, 0.15) is 63.4 Å². The summed E-state index contributed by atoms with van der Waals surface area (Å²) in [6.07, 6.45) is 12.3. The van der Waals surface area contributed by atoms with Gasteiger partial charge >= 0.3 is 35.8 Å². The van der Waals surface area contributed by atoms with Crippen LogP contribution in [0.2, 0.25) is 25.1 Å². The highest BCUT2D eigenvalue weighted by Gasteiger charge is 2.41. The van der Waals surface area contributed by atoms with E-state index in [1.807, 2.05) is 72.8 Å². The zero-order valence-corrected chi connectivity index (χ0v) is 91.3. The molecule has 6 heterocycles. The SMILES string of the molecule is CC(F)(F)C1CCC(C(=O)Nc2scc(-c3ccc(Br)cc3)c2C(=O)O)CC1.COC1CCCC(C(=O)Nc2scc(-c3ccc(Br)cc3)c2C(=O)O)C1.O=C(O)c1c(-c2ccc(Cl)c(Cl)c2)csc1NC(=O)C1CC1.O=C(O)c1c(-c2ccc(Cl)cc2)csc1NC(=O)C1CCc2ccccc2C1.O=C(O)c1c(-c2ccc(Cl)cc2Cl)csc1NC(=O)C1CC1.O=C(O)c1c(-c2ccccc2Br)csc1NC(=O)C1CC1. The van der Waals surface area contributed by atoms with Crippen LogP contribution in [0.15, 0.2) is 203 Å². The lowest BCUT2D eigenvalue weighted by atomic mass is 9.79. The van der Waals surface area contributed by atoms with Crippen LogP contribution in [0.4, 0.5) is 38.8 Å². The summed E-state index contributed by atoms with van der Waals surface area (Å²) in [5.74, 6) is -11.4. The monoisotopic (exact) mass is 2390 g/mol. The molecule has 25 nitrogen and oxygen atoms in total. The minimum absolute atomic E-state index is 0.00585. The Bertz CT molecular complexity index is 7130. The number of fused-ring (bicyclic) bond motifs is 1. The molecule has 766 valence electrons. The van der Waals surface area contributed by atoms with Crippen molar-refractivity contribution < 1.29 is 102 Å². The summed E-state index contributed by atoms with van der Waals surface area (Å²) in [6.45, 7) is 0.923. The first kappa shape index (κ1) is 112. The van der Waals surface area contributed by atoms with E-state index >= 15 is 0 Å². The highest BCUT2D eigenvalue weighted by atomic mass is 79.9. The Labute approximate surface area is 916 Å². The highest BCUT2D eigenvalue weighted by molar-refractivity contribution is 9.11. The topological polar surface area (TPSA) is 408 Å². The Morgan fingerprint density at radius 2 is 0.667 bits per heavy atom. The number of halogens is 10. The molecular formula is C106H92Br3Cl5F2N6O19S6. The van der Waals surface area contributed by atoms with Gasteiger partial charge in [0.2, 0.25) is 41.4 Å². The number of carbonyl (C=O) groups excluding carboxylic acids is 6. The maximum absolute atomic E-state index is 13.4. The Hall–Kier alpha value is -10.9. The summed E-state index contributed by atoms with van der Waals surface area (Å²) >= 11 is 47.2. The quantitative estimate of drug-likeness (QED) is 0.0239. The van der Waals surface area contributed by atoms with Gasteiger partial charge in [-0.25, -0.2) is 37.5 Å². The van der Waals surface area contributed by atoms with Gasteiger partial charge in [-0.15, -0.1) is 68.0 Å². The number of anilines is 6. The molecule has 0 spiro atoms. The van der Waals surface area contributed by atoms with Crippen LogP contribution in [-0.2, 0) is 46.3 Å². The number of ether oxygens (including phenoxy) is 1. The van der Waals surface area contributed by atoms with Gasteiger partial charge in [-0.05, 0) is 215 Å². The van der Waals surface area contributed by atoms with E-state index in [0.717, 1.165) is 125 Å². The number of thiophene rings is 6. The lowest BCUT2D eigenvalue weighted by Crippen LogP contribution is -2.33. The molecule has 6 amide bonds. The molecule has 0 bridgehead atoms. The number of aromatic carboxylic acids is 6. The second kappa shape index (κ2) is 50.6. The maximum atomic E-state index is 13.4. The van der Waals surface area contributed by atoms with Gasteiger partial charge in [-0.2, -0.15) is 0 Å². The van der Waals surface area contributed by atoms with E-state index in [1.54, 1.807) is 112 Å². The molecule has 5 fully saturated rings. The third-order valence-corrected chi connectivity index (χ3v) is 33.9. The fourth-order valence-electron chi connectivity index (χ4n) is 16.9. The summed E-state index contributed by atoms with van der Waals surface area (Å²) < 4.78 is 34.9. The van der Waals surface area contributed by atoms with Crippen molar-refractivity contribution in [2.45, 2.75) is 128 Å². The van der Waals surface area contributed by atoms with Crippen molar-refractivity contribution in [3.63, 3.8) is 0 Å². The second-order valence-electron chi connectivity index (χ2n) is 35.4. The summed E-state index contributed by atoms with van der Waals surface area (Å²) in [5.41, 5.74) is 10.8. The number of hydrogen-bond donors (Lipinski definition) is 12. The van der Waals surface area contributed by atoms with Crippen LogP contribution in [0.3, 0.4) is 0 Å². The number of amides is 6. The Kier molecular flexibility index (Phi) is 38.5. The Morgan fingerprint density at radius 1 is 0.333 bits per heavy atom. The maximum Gasteiger partial charge on any atom is 0.339 e. The molecular weight excluding hydrogens is 2310 g/mol. The van der Waals surface area contributed by atoms with E-state index in [0.29, 0.717) is 133 Å². The molecule has 0 radical (unpaired) electrons. The fraction of sp³-hybridized carbons (Fsp3) is 0.264. The van der Waals surface area contributed by atoms with Crippen LogP contribution in [0.5, 0.6) is 0 Å². The number of aryl methyl sites for hydroxylation is 1. The number of carboxylic acid groups (broad SMARTS) is 6. The van der Waals surface area contributed by atoms with Crippen molar-refractivity contribution in [3.8, 4) is 66.8 Å². The van der Waals surface area contributed by atoms with E-state index in [4.69, 9.17) is 62.7 Å². The van der Waals surface area contributed by atoms with Crippen molar-refractivity contribution in [2.24, 2.45) is 41.4 Å². The number of nitrogens with one attached hydrogen (secondary N) is 6. The standard InChI is InChI=1S/C22H18ClNO3S.C20H20BrF2NO3S.C19H20BrNO4S.C15H12BrNO3S.2C15H11Cl2NO3S/c23-17-9-7-14(8-10-17)18-12-28-21(19(18)22(26)27)24-20(25)16-6-5-13-3-1-2-4-15(13)11-16;1-20(22,23)13-6-2-12(3-7-13)17(25)24-18-16(19(26)27)15(10-28-18)11-4-8-14(21)9-5-11;1-25-14-4-2-3-12(9-14)17(22)21-18-16(19(23)24)15(10-26-18)11-5-7-13(20)8-6-11;16-11-4-2-1-3-9(11)10-7-21-14(12(10)15(19)20)17-13(18)8-5-6-8;16-10-4-3-8(5-11(10)17)9-6-22-14(12(9)15(20)21)18-13(19)7-1-2-7;16-8-3-4-9(11(17)5-8)10-6-22-14(12(10)15(20)21)18-13(19)7-1-2-7/h1-4,7-10,12,16H,5-6,11H2,(H,24,25)(H,26,27);4-5,8-10,12-13H,2-3,6-7H2,1H3,(H,24,25)(H,26,27);5-8,10,12,14H,2-4,9H2,1H3,(H,21,22)(H,23,24);1-4,7-8H,5-6H2,(H,17,18)(H,19,20);2*3-7H,1-2H2,(H,18,19)(H,20,21). The molecule has 5 saturated carbocycles. The Balaban J connectivity index is 0.000000140. The van der Waals surface area contributed by atoms with Crippen molar-refractivity contribution in [1.29, 1.82) is 0 Å². The largest absolute Gasteiger partial charge is 0.478 e. The first-order valence-electron chi connectivity index (χ1n) is 46.1. The smallest absolute Gasteiger partial charge is 0.339 e. The molecule has 12 N–H and O–H groups in total. The molecule has 13 aromatic rings. The number of alkyl halides is 2. The highest BCUT2D eigenvalue weighted by Crippen LogP contribution is 2.48. The minimum Gasteiger partial charge on any atom is -0.478 e. The van der Waals surface area contributed by atoms with Crippen molar-refractivity contribution in [1.82, 2.24) is 0 Å². The average Bonchev–Trinajstić information content (AvgIpc) is 1.65. The summed E-state index contributed by atoms with van der Waals surface area (Å²) in [5, 5.41) is 88.9. The van der Waals surface area contributed by atoms with E-state index in [9.17, 15) is 97.0 Å². The van der Waals surface area contributed by atoms with Crippen LogP contribution in [0.25, 0.3) is 66.8 Å². The molecule has 3 atom stereocenters. The Morgan fingerprint density at radius 3 is 1.04 bits per heavy atom. The number of benzene rings is 7. The van der Waals surface area contributed by atoms with Crippen LogP contribution in [0.1, 0.15) is 177 Å². The normalized spacial score (nSPS) is 16.5. The zero-order chi connectivity index (χ0) is 106. The molecule has 0 saturated heterocycles. The van der Waals surface area contributed by atoms with Crippen molar-refractivity contribution >= 4 is 275 Å². The van der Waals surface area contributed by atoms with E-state index < -0.39 is 47.7 Å². The predicted octanol–water partition coefficient (Wildman–Crippen LogP) is 30.6. The molecule has 19 rings (SSSR count). The van der Waals surface area contributed by atoms with Gasteiger partial charge in [0.05, 0.1) is 16.1 Å².